The third-order valence-electron chi connectivity index (χ3n) is 3.12. The normalized spacial score (nSPS) is 12.2. The first-order valence-corrected chi connectivity index (χ1v) is 7.34. The molecule has 0 saturated carbocycles. The minimum atomic E-state index is -0.567. The summed E-state index contributed by atoms with van der Waals surface area (Å²) in [4.78, 5) is 4.37. The molecule has 1 heterocycles. The maximum absolute atomic E-state index is 13.8. The van der Waals surface area contributed by atoms with Crippen LogP contribution >= 0.6 is 11.6 Å². The van der Waals surface area contributed by atoms with Crippen molar-refractivity contribution in [3.8, 4) is 11.5 Å². The molecule has 0 saturated heterocycles. The first-order chi connectivity index (χ1) is 10.2. The quantitative estimate of drug-likeness (QED) is 0.838. The summed E-state index contributed by atoms with van der Waals surface area (Å²) in [6.07, 6.45) is 2.54. The standard InChI is InChI=1S/C16H18ClFN2O/c1-3-13(19-4-2)14-9-8-11(10-20-14)21-15-7-5-6-12(17)16(15)18/h5-10,13,19H,3-4H2,1-2H3. The number of nitrogens with one attached hydrogen (secondary N) is 1. The fourth-order valence-electron chi connectivity index (χ4n) is 2.05. The molecule has 0 aliphatic carbocycles. The molecule has 1 unspecified atom stereocenters. The number of rotatable bonds is 6. The van der Waals surface area contributed by atoms with Crippen LogP contribution in [0, 0.1) is 5.82 Å². The lowest BCUT2D eigenvalue weighted by atomic mass is 10.1. The molecule has 2 aromatic rings. The maximum Gasteiger partial charge on any atom is 0.184 e. The Labute approximate surface area is 129 Å². The zero-order valence-corrected chi connectivity index (χ0v) is 12.8. The van der Waals surface area contributed by atoms with Gasteiger partial charge >= 0.3 is 0 Å². The van der Waals surface area contributed by atoms with Gasteiger partial charge in [0, 0.05) is 6.04 Å². The van der Waals surface area contributed by atoms with Gasteiger partial charge in [0.15, 0.2) is 11.6 Å². The average Bonchev–Trinajstić information content (AvgIpc) is 2.50. The molecule has 0 radical (unpaired) electrons. The van der Waals surface area contributed by atoms with Crippen LogP contribution in [0.4, 0.5) is 4.39 Å². The van der Waals surface area contributed by atoms with Gasteiger partial charge in [0.05, 0.1) is 16.9 Å². The predicted octanol–water partition coefficient (Wildman–Crippen LogP) is 4.73. The molecule has 1 aromatic carbocycles. The van der Waals surface area contributed by atoms with E-state index in [1.165, 1.54) is 12.1 Å². The number of halogens is 2. The summed E-state index contributed by atoms with van der Waals surface area (Å²) in [5.41, 5.74) is 0.943. The van der Waals surface area contributed by atoms with Gasteiger partial charge < -0.3 is 10.1 Å². The summed E-state index contributed by atoms with van der Waals surface area (Å²) in [5.74, 6) is 0.00405. The zero-order valence-electron chi connectivity index (χ0n) is 12.1. The third-order valence-corrected chi connectivity index (χ3v) is 3.41. The number of ether oxygens (including phenoxy) is 1. The van der Waals surface area contributed by atoms with E-state index in [-0.39, 0.29) is 16.8 Å². The van der Waals surface area contributed by atoms with Crippen LogP contribution in [0.15, 0.2) is 36.5 Å². The second-order valence-electron chi connectivity index (χ2n) is 4.59. The number of benzene rings is 1. The van der Waals surface area contributed by atoms with Crippen molar-refractivity contribution in [2.45, 2.75) is 26.3 Å². The second-order valence-corrected chi connectivity index (χ2v) is 5.00. The van der Waals surface area contributed by atoms with Crippen LogP contribution < -0.4 is 10.1 Å². The summed E-state index contributed by atoms with van der Waals surface area (Å²) in [6.45, 7) is 5.04. The number of nitrogens with zero attached hydrogens (tertiary/aromatic N) is 1. The van der Waals surface area contributed by atoms with E-state index < -0.39 is 5.82 Å². The molecule has 0 spiro atoms. The Hall–Kier alpha value is -1.65. The number of hydrogen-bond donors (Lipinski definition) is 1. The molecular formula is C16H18ClFN2O. The summed E-state index contributed by atoms with van der Waals surface area (Å²) in [6, 6.07) is 8.53. The van der Waals surface area contributed by atoms with Crippen LogP contribution in [0.5, 0.6) is 11.5 Å². The summed E-state index contributed by atoms with van der Waals surface area (Å²) in [5, 5.41) is 3.39. The Morgan fingerprint density at radius 3 is 2.71 bits per heavy atom. The monoisotopic (exact) mass is 308 g/mol. The van der Waals surface area contributed by atoms with Crippen LogP contribution in [-0.4, -0.2) is 11.5 Å². The molecule has 0 fully saturated rings. The largest absolute Gasteiger partial charge is 0.453 e. The Balaban J connectivity index is 2.14. The summed E-state index contributed by atoms with van der Waals surface area (Å²) >= 11 is 5.72. The van der Waals surface area contributed by atoms with Crippen molar-refractivity contribution in [2.75, 3.05) is 6.54 Å². The third kappa shape index (κ3) is 3.93. The van der Waals surface area contributed by atoms with Crippen molar-refractivity contribution in [1.82, 2.24) is 10.3 Å². The smallest absolute Gasteiger partial charge is 0.184 e. The van der Waals surface area contributed by atoms with Gasteiger partial charge in [-0.3, -0.25) is 4.98 Å². The molecule has 2 rings (SSSR count). The zero-order chi connectivity index (χ0) is 15.2. The minimum Gasteiger partial charge on any atom is -0.453 e. The van der Waals surface area contributed by atoms with Gasteiger partial charge in [-0.05, 0) is 37.2 Å². The van der Waals surface area contributed by atoms with Gasteiger partial charge in [-0.1, -0.05) is 31.5 Å². The van der Waals surface area contributed by atoms with Crippen molar-refractivity contribution in [2.24, 2.45) is 0 Å². The predicted molar refractivity (Wildman–Crippen MR) is 82.4 cm³/mol. The van der Waals surface area contributed by atoms with Gasteiger partial charge in [0.1, 0.15) is 5.75 Å². The van der Waals surface area contributed by atoms with Crippen molar-refractivity contribution in [3.05, 3.63) is 53.1 Å². The summed E-state index contributed by atoms with van der Waals surface area (Å²) in [7, 11) is 0. The van der Waals surface area contributed by atoms with Crippen molar-refractivity contribution in [3.63, 3.8) is 0 Å². The highest BCUT2D eigenvalue weighted by atomic mass is 35.5. The number of aromatic nitrogens is 1. The topological polar surface area (TPSA) is 34.1 Å². The molecule has 0 aliphatic heterocycles. The van der Waals surface area contributed by atoms with E-state index in [0.29, 0.717) is 5.75 Å². The second kappa shape index (κ2) is 7.38. The lowest BCUT2D eigenvalue weighted by molar-refractivity contribution is 0.439. The van der Waals surface area contributed by atoms with E-state index in [9.17, 15) is 4.39 Å². The minimum absolute atomic E-state index is 0.0373. The van der Waals surface area contributed by atoms with Crippen molar-refractivity contribution >= 4 is 11.6 Å². The fourth-order valence-corrected chi connectivity index (χ4v) is 2.22. The van der Waals surface area contributed by atoms with Crippen LogP contribution in [0.25, 0.3) is 0 Å². The average molecular weight is 309 g/mol. The molecule has 3 nitrogen and oxygen atoms in total. The molecular weight excluding hydrogens is 291 g/mol. The molecule has 5 heteroatoms. The first kappa shape index (κ1) is 15.7. The van der Waals surface area contributed by atoms with Gasteiger partial charge in [-0.2, -0.15) is 0 Å². The number of hydrogen-bond acceptors (Lipinski definition) is 3. The van der Waals surface area contributed by atoms with Gasteiger partial charge in [0.25, 0.3) is 0 Å². The Morgan fingerprint density at radius 1 is 1.29 bits per heavy atom. The van der Waals surface area contributed by atoms with E-state index in [2.05, 4.69) is 24.1 Å². The molecule has 112 valence electrons. The maximum atomic E-state index is 13.8. The lowest BCUT2D eigenvalue weighted by Gasteiger charge is -2.15. The molecule has 0 aliphatic rings. The van der Waals surface area contributed by atoms with Crippen LogP contribution in [0.2, 0.25) is 5.02 Å². The summed E-state index contributed by atoms with van der Waals surface area (Å²) < 4.78 is 19.2. The Kier molecular flexibility index (Phi) is 5.53. The van der Waals surface area contributed by atoms with Gasteiger partial charge in [0.2, 0.25) is 0 Å². The molecule has 0 amide bonds. The van der Waals surface area contributed by atoms with E-state index in [1.807, 2.05) is 6.07 Å². The molecule has 1 N–H and O–H groups in total. The van der Waals surface area contributed by atoms with Gasteiger partial charge in [-0.15, -0.1) is 0 Å². The highest BCUT2D eigenvalue weighted by Gasteiger charge is 2.11. The van der Waals surface area contributed by atoms with Crippen LogP contribution in [0.1, 0.15) is 32.0 Å². The van der Waals surface area contributed by atoms with E-state index >= 15 is 0 Å². The lowest BCUT2D eigenvalue weighted by Crippen LogP contribution is -2.20. The van der Waals surface area contributed by atoms with Crippen LogP contribution in [0.3, 0.4) is 0 Å². The SMILES string of the molecule is CCNC(CC)c1ccc(Oc2cccc(Cl)c2F)cn1. The van der Waals surface area contributed by atoms with Crippen LogP contribution in [-0.2, 0) is 0 Å². The fraction of sp³-hybridized carbons (Fsp3) is 0.312. The van der Waals surface area contributed by atoms with E-state index in [0.717, 1.165) is 18.7 Å². The Bertz CT molecular complexity index is 589. The van der Waals surface area contributed by atoms with Gasteiger partial charge in [-0.25, -0.2) is 4.39 Å². The molecule has 0 bridgehead atoms. The highest BCUT2D eigenvalue weighted by molar-refractivity contribution is 6.30. The number of pyridine rings is 1. The highest BCUT2D eigenvalue weighted by Crippen LogP contribution is 2.28. The molecule has 21 heavy (non-hydrogen) atoms. The van der Waals surface area contributed by atoms with Crippen molar-refractivity contribution in [1.29, 1.82) is 0 Å². The van der Waals surface area contributed by atoms with Crippen molar-refractivity contribution < 1.29 is 9.13 Å². The van der Waals surface area contributed by atoms with E-state index in [1.54, 1.807) is 18.3 Å². The molecule has 1 atom stereocenters. The van der Waals surface area contributed by atoms with E-state index in [4.69, 9.17) is 16.3 Å². The Morgan fingerprint density at radius 2 is 2.10 bits per heavy atom. The first-order valence-electron chi connectivity index (χ1n) is 6.96. The molecule has 1 aromatic heterocycles.